The second kappa shape index (κ2) is 7.41. The van der Waals surface area contributed by atoms with Crippen LogP contribution >= 0.6 is 27.3 Å². The zero-order valence-corrected chi connectivity index (χ0v) is 15.6. The molecule has 0 saturated heterocycles. The molecule has 0 saturated carbocycles. The third-order valence-corrected chi connectivity index (χ3v) is 5.04. The molecule has 2 aromatic carbocycles. The lowest BCUT2D eigenvalue weighted by molar-refractivity contribution is 0.146. The molecule has 0 aliphatic rings. The second-order valence-corrected chi connectivity index (χ2v) is 7.39. The van der Waals surface area contributed by atoms with Crippen molar-refractivity contribution in [3.05, 3.63) is 68.6 Å². The van der Waals surface area contributed by atoms with Gasteiger partial charge in [0, 0.05) is 10.0 Å². The minimum absolute atomic E-state index is 0.0467. The van der Waals surface area contributed by atoms with E-state index in [0.717, 1.165) is 26.9 Å². The molecule has 7 heteroatoms. The van der Waals surface area contributed by atoms with Crippen molar-refractivity contribution in [3.8, 4) is 11.1 Å². The summed E-state index contributed by atoms with van der Waals surface area (Å²) in [7, 11) is 0. The molecule has 3 nitrogen and oxygen atoms in total. The SMILES string of the molecule is Cc1nc(C(F)F)c(C(N)=Nc2ccccc2-c2ccc(Br)cc2)s1. The highest BCUT2D eigenvalue weighted by Crippen LogP contribution is 2.33. The van der Waals surface area contributed by atoms with Crippen LogP contribution in [0, 0.1) is 6.92 Å². The van der Waals surface area contributed by atoms with Gasteiger partial charge in [0.05, 0.1) is 15.6 Å². The number of halogens is 3. The standard InChI is InChI=1S/C18H14BrF2N3S/c1-10-23-15(17(20)21)16(25-10)18(22)24-14-5-3-2-4-13(14)11-6-8-12(19)9-7-11/h2-9,17H,1H3,(H2,22,24). The Balaban J connectivity index is 2.06. The van der Waals surface area contributed by atoms with Crippen LogP contribution in [0.3, 0.4) is 0 Å². The van der Waals surface area contributed by atoms with Crippen LogP contribution in [-0.4, -0.2) is 10.8 Å². The summed E-state index contributed by atoms with van der Waals surface area (Å²) in [5.41, 5.74) is 8.17. The van der Waals surface area contributed by atoms with Gasteiger partial charge in [0.1, 0.15) is 11.5 Å². The Labute approximate surface area is 156 Å². The van der Waals surface area contributed by atoms with E-state index in [2.05, 4.69) is 25.9 Å². The number of nitrogens with zero attached hydrogens (tertiary/aromatic N) is 2. The maximum atomic E-state index is 13.2. The van der Waals surface area contributed by atoms with Crippen molar-refractivity contribution in [2.45, 2.75) is 13.3 Å². The number of amidine groups is 1. The van der Waals surface area contributed by atoms with Gasteiger partial charge in [0.2, 0.25) is 0 Å². The lowest BCUT2D eigenvalue weighted by Crippen LogP contribution is -2.13. The number of benzene rings is 2. The van der Waals surface area contributed by atoms with Gasteiger partial charge in [-0.15, -0.1) is 11.3 Å². The van der Waals surface area contributed by atoms with Gasteiger partial charge in [-0.25, -0.2) is 18.8 Å². The lowest BCUT2D eigenvalue weighted by atomic mass is 10.0. The van der Waals surface area contributed by atoms with Crippen LogP contribution in [0.5, 0.6) is 0 Å². The summed E-state index contributed by atoms with van der Waals surface area (Å²) >= 11 is 4.53. The van der Waals surface area contributed by atoms with Crippen LogP contribution < -0.4 is 5.73 Å². The van der Waals surface area contributed by atoms with Crippen LogP contribution in [0.4, 0.5) is 14.5 Å². The predicted octanol–water partition coefficient (Wildman–Crippen LogP) is 5.86. The van der Waals surface area contributed by atoms with Crippen molar-refractivity contribution < 1.29 is 8.78 Å². The van der Waals surface area contributed by atoms with E-state index in [4.69, 9.17) is 5.73 Å². The zero-order valence-electron chi connectivity index (χ0n) is 13.2. The Morgan fingerprint density at radius 2 is 1.84 bits per heavy atom. The maximum Gasteiger partial charge on any atom is 0.281 e. The Kier molecular flexibility index (Phi) is 5.24. The molecule has 1 heterocycles. The first-order valence-corrected chi connectivity index (χ1v) is 9.01. The monoisotopic (exact) mass is 421 g/mol. The van der Waals surface area contributed by atoms with E-state index in [-0.39, 0.29) is 16.4 Å². The first-order chi connectivity index (χ1) is 12.0. The summed E-state index contributed by atoms with van der Waals surface area (Å²) in [5, 5.41) is 0.532. The topological polar surface area (TPSA) is 51.3 Å². The molecular weight excluding hydrogens is 408 g/mol. The molecule has 3 rings (SSSR count). The largest absolute Gasteiger partial charge is 0.382 e. The highest BCUT2D eigenvalue weighted by Gasteiger charge is 2.21. The van der Waals surface area contributed by atoms with Crippen molar-refractivity contribution in [1.29, 1.82) is 0 Å². The minimum atomic E-state index is -2.68. The van der Waals surface area contributed by atoms with Crippen molar-refractivity contribution in [3.63, 3.8) is 0 Å². The normalized spacial score (nSPS) is 12.0. The van der Waals surface area contributed by atoms with Crippen LogP contribution in [0.15, 0.2) is 58.0 Å². The smallest absolute Gasteiger partial charge is 0.281 e. The number of aliphatic imine (C=N–C) groups is 1. The van der Waals surface area contributed by atoms with E-state index in [1.54, 1.807) is 13.0 Å². The zero-order chi connectivity index (χ0) is 18.0. The summed E-state index contributed by atoms with van der Waals surface area (Å²) in [4.78, 5) is 8.49. The molecule has 0 fully saturated rings. The molecule has 0 bridgehead atoms. The number of thiazole rings is 1. The van der Waals surface area contributed by atoms with E-state index in [0.29, 0.717) is 10.7 Å². The van der Waals surface area contributed by atoms with Gasteiger partial charge in [-0.05, 0) is 30.7 Å². The van der Waals surface area contributed by atoms with Crippen molar-refractivity contribution in [1.82, 2.24) is 4.98 Å². The number of alkyl halides is 2. The molecule has 25 heavy (non-hydrogen) atoms. The molecule has 128 valence electrons. The summed E-state index contributed by atoms with van der Waals surface area (Å²) < 4.78 is 27.3. The third-order valence-electron chi connectivity index (χ3n) is 3.50. The average Bonchev–Trinajstić information content (AvgIpc) is 2.99. The Morgan fingerprint density at radius 1 is 1.16 bits per heavy atom. The Morgan fingerprint density at radius 3 is 2.52 bits per heavy atom. The lowest BCUT2D eigenvalue weighted by Gasteiger charge is -2.07. The van der Waals surface area contributed by atoms with Gasteiger partial charge in [0.15, 0.2) is 0 Å². The van der Waals surface area contributed by atoms with Crippen LogP contribution in [0.25, 0.3) is 11.1 Å². The number of rotatable bonds is 4. The molecule has 0 aliphatic heterocycles. The van der Waals surface area contributed by atoms with Crippen molar-refractivity contribution in [2.75, 3.05) is 0 Å². The van der Waals surface area contributed by atoms with Gasteiger partial charge in [-0.2, -0.15) is 0 Å². The maximum absolute atomic E-state index is 13.2. The van der Waals surface area contributed by atoms with E-state index in [9.17, 15) is 8.78 Å². The van der Waals surface area contributed by atoms with Gasteiger partial charge < -0.3 is 5.73 Å². The number of aromatic nitrogens is 1. The Bertz CT molecular complexity index is 920. The van der Waals surface area contributed by atoms with Crippen molar-refractivity contribution >= 4 is 38.8 Å². The molecular formula is C18H14BrF2N3S. The van der Waals surface area contributed by atoms with Crippen LogP contribution in [0.2, 0.25) is 0 Å². The molecule has 1 aromatic heterocycles. The molecule has 0 amide bonds. The highest BCUT2D eigenvalue weighted by atomic mass is 79.9. The predicted molar refractivity (Wildman–Crippen MR) is 102 cm³/mol. The molecule has 0 atom stereocenters. The fourth-order valence-electron chi connectivity index (χ4n) is 2.40. The average molecular weight is 422 g/mol. The quantitative estimate of drug-likeness (QED) is 0.423. The Hall–Kier alpha value is -2.12. The fourth-order valence-corrected chi connectivity index (χ4v) is 3.49. The highest BCUT2D eigenvalue weighted by molar-refractivity contribution is 9.10. The first kappa shape index (κ1) is 17.7. The third kappa shape index (κ3) is 3.93. The fraction of sp³-hybridized carbons (Fsp3) is 0.111. The van der Waals surface area contributed by atoms with E-state index >= 15 is 0 Å². The van der Waals surface area contributed by atoms with Gasteiger partial charge >= 0.3 is 0 Å². The number of aryl methyl sites for hydroxylation is 1. The van der Waals surface area contributed by atoms with E-state index in [1.165, 1.54) is 0 Å². The number of nitrogens with two attached hydrogens (primary N) is 1. The van der Waals surface area contributed by atoms with Crippen LogP contribution in [0.1, 0.15) is 22.0 Å². The minimum Gasteiger partial charge on any atom is -0.382 e. The summed E-state index contributed by atoms with van der Waals surface area (Å²) in [6, 6.07) is 15.2. The molecule has 0 unspecified atom stereocenters. The van der Waals surface area contributed by atoms with Gasteiger partial charge in [-0.1, -0.05) is 46.3 Å². The molecule has 2 N–H and O–H groups in total. The molecule has 0 aliphatic carbocycles. The molecule has 0 spiro atoms. The van der Waals surface area contributed by atoms with Crippen LogP contribution in [-0.2, 0) is 0 Å². The van der Waals surface area contributed by atoms with E-state index in [1.807, 2.05) is 42.5 Å². The van der Waals surface area contributed by atoms with Crippen molar-refractivity contribution in [2.24, 2.45) is 10.7 Å². The summed E-state index contributed by atoms with van der Waals surface area (Å²) in [6.45, 7) is 1.67. The molecule has 0 radical (unpaired) electrons. The van der Waals surface area contributed by atoms with E-state index < -0.39 is 6.43 Å². The van der Waals surface area contributed by atoms with Gasteiger partial charge in [-0.3, -0.25) is 0 Å². The number of para-hydroxylation sites is 1. The van der Waals surface area contributed by atoms with Gasteiger partial charge in [0.25, 0.3) is 6.43 Å². The number of hydrogen-bond donors (Lipinski definition) is 1. The summed E-state index contributed by atoms with van der Waals surface area (Å²) in [5.74, 6) is 0.0467. The second-order valence-electron chi connectivity index (χ2n) is 5.27. The first-order valence-electron chi connectivity index (χ1n) is 7.40. The summed E-state index contributed by atoms with van der Waals surface area (Å²) in [6.07, 6.45) is -2.68. The number of hydrogen-bond acceptors (Lipinski definition) is 3. The molecule has 3 aromatic rings.